The van der Waals surface area contributed by atoms with Gasteiger partial charge in [0.1, 0.15) is 5.76 Å². The number of halogens is 1. The van der Waals surface area contributed by atoms with Crippen molar-refractivity contribution in [2.24, 2.45) is 0 Å². The third-order valence-electron chi connectivity index (χ3n) is 4.69. The third kappa shape index (κ3) is 2.29. The molecular formula is C18H23ClO. The van der Waals surface area contributed by atoms with E-state index in [1.807, 2.05) is 6.07 Å². The van der Waals surface area contributed by atoms with Crippen molar-refractivity contribution in [2.45, 2.75) is 53.3 Å². The molecule has 108 valence electrons. The number of alkyl halides is 1. The average Bonchev–Trinajstić information content (AvgIpc) is 2.91. The molecule has 0 spiro atoms. The second-order valence-corrected chi connectivity index (χ2v) is 5.99. The summed E-state index contributed by atoms with van der Waals surface area (Å²) in [6.07, 6.45) is 2.61. The Morgan fingerprint density at radius 3 is 1.95 bits per heavy atom. The van der Waals surface area contributed by atoms with Gasteiger partial charge >= 0.3 is 0 Å². The number of furan rings is 1. The molecule has 0 bridgehead atoms. The normalized spacial score (nSPS) is 12.8. The molecular weight excluding hydrogens is 268 g/mol. The molecule has 2 rings (SSSR count). The van der Waals surface area contributed by atoms with Crippen LogP contribution in [0, 0.1) is 34.6 Å². The molecule has 2 heteroatoms. The minimum atomic E-state index is -0.137. The number of benzene rings is 1. The average molecular weight is 291 g/mol. The van der Waals surface area contributed by atoms with Gasteiger partial charge < -0.3 is 4.42 Å². The summed E-state index contributed by atoms with van der Waals surface area (Å²) in [5.41, 5.74) is 9.00. The van der Waals surface area contributed by atoms with Crippen LogP contribution >= 0.6 is 11.6 Å². The van der Waals surface area contributed by atoms with Crippen molar-refractivity contribution < 1.29 is 4.42 Å². The maximum Gasteiger partial charge on any atom is 0.108 e. The lowest BCUT2D eigenvalue weighted by Crippen LogP contribution is -2.06. The van der Waals surface area contributed by atoms with Crippen LogP contribution in [-0.4, -0.2) is 0 Å². The predicted octanol–water partition coefficient (Wildman–Crippen LogP) is 5.71. The molecule has 1 atom stereocenters. The summed E-state index contributed by atoms with van der Waals surface area (Å²) in [6.45, 7) is 13.0. The minimum Gasteiger partial charge on any atom is -0.469 e. The highest BCUT2D eigenvalue weighted by molar-refractivity contribution is 6.23. The van der Waals surface area contributed by atoms with Crippen molar-refractivity contribution in [3.05, 3.63) is 57.0 Å². The maximum atomic E-state index is 6.80. The highest BCUT2D eigenvalue weighted by Gasteiger charge is 2.23. The van der Waals surface area contributed by atoms with Crippen LogP contribution in [0.4, 0.5) is 0 Å². The molecule has 0 aliphatic carbocycles. The largest absolute Gasteiger partial charge is 0.469 e. The Morgan fingerprint density at radius 2 is 1.45 bits per heavy atom. The first kappa shape index (κ1) is 15.2. The summed E-state index contributed by atoms with van der Waals surface area (Å²) >= 11 is 6.80. The van der Waals surface area contributed by atoms with E-state index in [-0.39, 0.29) is 5.38 Å². The molecule has 1 unspecified atom stereocenters. The Morgan fingerprint density at radius 1 is 0.950 bits per heavy atom. The predicted molar refractivity (Wildman–Crippen MR) is 85.9 cm³/mol. The molecule has 0 radical (unpaired) electrons. The molecule has 0 saturated heterocycles. The van der Waals surface area contributed by atoms with Gasteiger partial charge in [-0.1, -0.05) is 6.92 Å². The van der Waals surface area contributed by atoms with E-state index in [9.17, 15) is 0 Å². The van der Waals surface area contributed by atoms with Gasteiger partial charge in [-0.15, -0.1) is 11.6 Å². The lowest BCUT2D eigenvalue weighted by molar-refractivity contribution is 0.511. The van der Waals surface area contributed by atoms with E-state index in [4.69, 9.17) is 16.0 Å². The lowest BCUT2D eigenvalue weighted by atomic mass is 9.86. The van der Waals surface area contributed by atoms with Crippen LogP contribution in [0.2, 0.25) is 0 Å². The first-order valence-electron chi connectivity index (χ1n) is 7.17. The Kier molecular flexibility index (Phi) is 4.29. The number of hydrogen-bond donors (Lipinski definition) is 0. The van der Waals surface area contributed by atoms with Crippen LogP contribution in [0.3, 0.4) is 0 Å². The minimum absolute atomic E-state index is 0.137. The van der Waals surface area contributed by atoms with Gasteiger partial charge in [-0.25, -0.2) is 0 Å². The van der Waals surface area contributed by atoms with Gasteiger partial charge in [0, 0.05) is 12.0 Å². The first-order chi connectivity index (χ1) is 9.40. The summed E-state index contributed by atoms with van der Waals surface area (Å²) in [7, 11) is 0. The van der Waals surface area contributed by atoms with Crippen LogP contribution in [0.5, 0.6) is 0 Å². The van der Waals surface area contributed by atoms with Gasteiger partial charge in [-0.3, -0.25) is 0 Å². The molecule has 2 aromatic rings. The molecule has 1 nitrogen and oxygen atoms in total. The Bertz CT molecular complexity index is 608. The lowest BCUT2D eigenvalue weighted by Gasteiger charge is -2.22. The van der Waals surface area contributed by atoms with E-state index in [0.29, 0.717) is 0 Å². The van der Waals surface area contributed by atoms with Gasteiger partial charge in [0.25, 0.3) is 0 Å². The summed E-state index contributed by atoms with van der Waals surface area (Å²) in [6, 6.07) is 2.00. The van der Waals surface area contributed by atoms with Crippen molar-refractivity contribution in [3.63, 3.8) is 0 Å². The van der Waals surface area contributed by atoms with Crippen LogP contribution in [0.15, 0.2) is 16.7 Å². The van der Waals surface area contributed by atoms with Crippen molar-refractivity contribution in [1.82, 2.24) is 0 Å². The Balaban J connectivity index is 2.64. The zero-order chi connectivity index (χ0) is 15.0. The van der Waals surface area contributed by atoms with Gasteiger partial charge in [0.05, 0.1) is 11.6 Å². The molecule has 0 fully saturated rings. The standard InChI is InChI=1S/C18H23ClO/c1-7-16-15(8-9-20-16)18(19)17-13(5)11(3)10(2)12(4)14(17)6/h8-9,18H,7H2,1-6H3. The molecule has 1 aromatic heterocycles. The van der Waals surface area contributed by atoms with E-state index in [0.717, 1.165) is 17.7 Å². The van der Waals surface area contributed by atoms with Gasteiger partial charge in [0.15, 0.2) is 0 Å². The number of aryl methyl sites for hydroxylation is 1. The topological polar surface area (TPSA) is 13.1 Å². The smallest absolute Gasteiger partial charge is 0.108 e. The third-order valence-corrected chi connectivity index (χ3v) is 5.14. The SMILES string of the molecule is CCc1occc1C(Cl)c1c(C)c(C)c(C)c(C)c1C. The molecule has 1 heterocycles. The van der Waals surface area contributed by atoms with Gasteiger partial charge in [-0.2, -0.15) is 0 Å². The van der Waals surface area contributed by atoms with E-state index < -0.39 is 0 Å². The monoisotopic (exact) mass is 290 g/mol. The molecule has 0 amide bonds. The fourth-order valence-electron chi connectivity index (χ4n) is 2.93. The zero-order valence-electron chi connectivity index (χ0n) is 13.2. The summed E-state index contributed by atoms with van der Waals surface area (Å²) in [4.78, 5) is 0. The second kappa shape index (κ2) is 5.65. The molecule has 0 aliphatic heterocycles. The summed E-state index contributed by atoms with van der Waals surface area (Å²) in [5.74, 6) is 0.986. The highest BCUT2D eigenvalue weighted by Crippen LogP contribution is 2.39. The van der Waals surface area contributed by atoms with Crippen LogP contribution < -0.4 is 0 Å². The molecule has 0 aliphatic rings. The maximum absolute atomic E-state index is 6.80. The molecule has 0 N–H and O–H groups in total. The van der Waals surface area contributed by atoms with Crippen molar-refractivity contribution in [3.8, 4) is 0 Å². The summed E-state index contributed by atoms with van der Waals surface area (Å²) in [5, 5.41) is -0.137. The van der Waals surface area contributed by atoms with Crippen LogP contribution in [-0.2, 0) is 6.42 Å². The quantitative estimate of drug-likeness (QED) is 0.660. The zero-order valence-corrected chi connectivity index (χ0v) is 14.0. The fraction of sp³-hybridized carbons (Fsp3) is 0.444. The first-order valence-corrected chi connectivity index (χ1v) is 7.60. The van der Waals surface area contributed by atoms with E-state index >= 15 is 0 Å². The van der Waals surface area contributed by atoms with E-state index in [1.54, 1.807) is 6.26 Å². The van der Waals surface area contributed by atoms with E-state index in [1.165, 1.54) is 33.4 Å². The highest BCUT2D eigenvalue weighted by atomic mass is 35.5. The van der Waals surface area contributed by atoms with Crippen molar-refractivity contribution in [1.29, 1.82) is 0 Å². The molecule has 20 heavy (non-hydrogen) atoms. The molecule has 1 aromatic carbocycles. The van der Waals surface area contributed by atoms with Crippen LogP contribution in [0.1, 0.15) is 57.0 Å². The second-order valence-electron chi connectivity index (χ2n) is 5.55. The van der Waals surface area contributed by atoms with Gasteiger partial charge in [-0.05, 0) is 74.1 Å². The van der Waals surface area contributed by atoms with Crippen molar-refractivity contribution in [2.75, 3.05) is 0 Å². The fourth-order valence-corrected chi connectivity index (χ4v) is 3.45. The number of hydrogen-bond acceptors (Lipinski definition) is 1. The Labute approximate surface area is 127 Å². The summed E-state index contributed by atoms with van der Waals surface area (Å²) < 4.78 is 5.54. The Hall–Kier alpha value is -1.21. The van der Waals surface area contributed by atoms with Crippen molar-refractivity contribution >= 4 is 11.6 Å². The van der Waals surface area contributed by atoms with Crippen LogP contribution in [0.25, 0.3) is 0 Å². The molecule has 0 saturated carbocycles. The van der Waals surface area contributed by atoms with E-state index in [2.05, 4.69) is 41.5 Å². The van der Waals surface area contributed by atoms with Gasteiger partial charge in [0.2, 0.25) is 0 Å². The number of rotatable bonds is 3.